The minimum Gasteiger partial charge on any atom is -0.508 e. The quantitative estimate of drug-likeness (QED) is 0.259. The topological polar surface area (TPSA) is 101 Å². The van der Waals surface area contributed by atoms with E-state index in [0.717, 1.165) is 30.6 Å². The van der Waals surface area contributed by atoms with Crippen LogP contribution in [0, 0.1) is 6.92 Å². The maximum atomic E-state index is 14.1. The smallest absolute Gasteiger partial charge is 0.259 e. The fraction of sp³-hybridized carbons (Fsp3) is 0.273. The summed E-state index contributed by atoms with van der Waals surface area (Å²) in [7, 11) is 0. The van der Waals surface area contributed by atoms with E-state index in [2.05, 4.69) is 53.2 Å². The van der Waals surface area contributed by atoms with Gasteiger partial charge in [0.1, 0.15) is 5.75 Å². The van der Waals surface area contributed by atoms with Crippen LogP contribution < -0.4 is 4.90 Å². The Kier molecular flexibility index (Phi) is 7.58. The Morgan fingerprint density at radius 2 is 1.71 bits per heavy atom. The number of phenols is 1. The molecule has 1 fully saturated rings. The van der Waals surface area contributed by atoms with E-state index in [4.69, 9.17) is 9.52 Å². The Bertz CT molecular complexity index is 1670. The van der Waals surface area contributed by atoms with Crippen LogP contribution in [0.15, 0.2) is 95.5 Å². The van der Waals surface area contributed by atoms with Crippen LogP contribution in [0.3, 0.4) is 0 Å². The van der Waals surface area contributed by atoms with E-state index in [1.165, 1.54) is 11.6 Å². The van der Waals surface area contributed by atoms with Crippen molar-refractivity contribution in [2.45, 2.75) is 58.3 Å². The molecule has 2 aromatic heterocycles. The molecular weight excluding hydrogens is 528 g/mol. The van der Waals surface area contributed by atoms with Crippen molar-refractivity contribution in [2.24, 2.45) is 0 Å². The van der Waals surface area contributed by atoms with Gasteiger partial charge in [-0.3, -0.25) is 14.6 Å². The van der Waals surface area contributed by atoms with Crippen LogP contribution in [0.5, 0.6) is 5.75 Å². The summed E-state index contributed by atoms with van der Waals surface area (Å²) in [5, 5.41) is 23.1. The van der Waals surface area contributed by atoms with Crippen molar-refractivity contribution < 1.29 is 14.3 Å². The largest absolute Gasteiger partial charge is 0.508 e. The predicted molar refractivity (Wildman–Crippen MR) is 160 cm³/mol. The molecule has 0 aliphatic carbocycles. The molecule has 3 atom stereocenters. The van der Waals surface area contributed by atoms with E-state index in [0.29, 0.717) is 23.2 Å². The number of nitrogens with zero attached hydrogens (tertiary/aromatic N) is 6. The van der Waals surface area contributed by atoms with Crippen molar-refractivity contribution in [3.8, 4) is 22.9 Å². The number of likely N-dealkylation sites (tertiary alicyclic amines) is 1. The number of piperidine rings is 1. The van der Waals surface area contributed by atoms with E-state index >= 15 is 0 Å². The fourth-order valence-corrected chi connectivity index (χ4v) is 5.92. The van der Waals surface area contributed by atoms with Crippen molar-refractivity contribution in [2.75, 3.05) is 4.90 Å². The van der Waals surface area contributed by atoms with Gasteiger partial charge in [0, 0.05) is 55.0 Å². The van der Waals surface area contributed by atoms with Crippen LogP contribution in [0.4, 0.5) is 5.82 Å². The summed E-state index contributed by atoms with van der Waals surface area (Å²) >= 11 is 0. The minimum atomic E-state index is -0.188. The summed E-state index contributed by atoms with van der Waals surface area (Å²) in [6.45, 7) is 7.07. The average Bonchev–Trinajstić information content (AvgIpc) is 3.65. The van der Waals surface area contributed by atoms with Crippen LogP contribution in [0.1, 0.15) is 48.5 Å². The second kappa shape index (κ2) is 11.6. The first-order valence-corrected chi connectivity index (χ1v) is 14.2. The minimum absolute atomic E-state index is 0.0545. The number of aromatic hydroxyl groups is 1. The normalized spacial score (nSPS) is 19.1. The van der Waals surface area contributed by atoms with Gasteiger partial charge in [-0.1, -0.05) is 42.5 Å². The number of carbonyl (C=O) groups excluding carboxylic acids is 1. The first-order chi connectivity index (χ1) is 20.4. The van der Waals surface area contributed by atoms with Crippen molar-refractivity contribution in [1.82, 2.24) is 24.9 Å². The molecule has 6 rings (SSSR count). The lowest BCUT2D eigenvalue weighted by atomic mass is 9.90. The summed E-state index contributed by atoms with van der Waals surface area (Å²) in [6.07, 6.45) is 3.44. The molecule has 0 radical (unpaired) electrons. The molecule has 1 aliphatic rings. The van der Waals surface area contributed by atoms with Gasteiger partial charge in [-0.25, -0.2) is 4.68 Å². The SMILES string of the molecule is Cc1nnc(-c2cccc(-n3ccc(N(C(=O)c4cccc(O)c4)C4C[C@@H](C)N(Cc5ccccc5)[C@@H](C)C4)n3)c2)o1. The van der Waals surface area contributed by atoms with E-state index in [-0.39, 0.29) is 29.8 Å². The van der Waals surface area contributed by atoms with Crippen LogP contribution in [0.25, 0.3) is 17.1 Å². The highest BCUT2D eigenvalue weighted by Gasteiger charge is 2.37. The molecule has 1 N–H and O–H groups in total. The molecule has 0 spiro atoms. The van der Waals surface area contributed by atoms with E-state index in [9.17, 15) is 9.90 Å². The molecule has 1 saturated heterocycles. The zero-order valence-corrected chi connectivity index (χ0v) is 24.0. The van der Waals surface area contributed by atoms with E-state index in [1.807, 2.05) is 47.5 Å². The third-order valence-electron chi connectivity index (χ3n) is 7.95. The van der Waals surface area contributed by atoms with Gasteiger partial charge in [0.2, 0.25) is 11.8 Å². The maximum absolute atomic E-state index is 14.1. The summed E-state index contributed by atoms with van der Waals surface area (Å²) in [5.41, 5.74) is 3.29. The first kappa shape index (κ1) is 27.4. The number of hydrogen-bond acceptors (Lipinski definition) is 7. The number of rotatable bonds is 7. The first-order valence-electron chi connectivity index (χ1n) is 14.2. The lowest BCUT2D eigenvalue weighted by molar-refractivity contribution is 0.0749. The zero-order valence-electron chi connectivity index (χ0n) is 24.0. The molecule has 42 heavy (non-hydrogen) atoms. The summed E-state index contributed by atoms with van der Waals surface area (Å²) in [4.78, 5) is 18.4. The number of aromatic nitrogens is 4. The van der Waals surface area contributed by atoms with Crippen molar-refractivity contribution in [3.05, 3.63) is 108 Å². The molecule has 3 heterocycles. The van der Waals surface area contributed by atoms with Crippen molar-refractivity contribution in [1.29, 1.82) is 0 Å². The number of benzene rings is 3. The maximum Gasteiger partial charge on any atom is 0.259 e. The van der Waals surface area contributed by atoms with E-state index in [1.54, 1.807) is 29.8 Å². The third kappa shape index (κ3) is 5.69. The number of carbonyl (C=O) groups is 1. The number of anilines is 1. The van der Waals surface area contributed by atoms with Gasteiger partial charge in [-0.15, -0.1) is 15.3 Å². The second-order valence-corrected chi connectivity index (χ2v) is 11.0. The third-order valence-corrected chi connectivity index (χ3v) is 7.95. The van der Waals surface area contributed by atoms with E-state index < -0.39 is 0 Å². The molecule has 1 unspecified atom stereocenters. The Morgan fingerprint density at radius 3 is 2.43 bits per heavy atom. The van der Waals surface area contributed by atoms with Crippen LogP contribution in [0.2, 0.25) is 0 Å². The molecule has 9 nitrogen and oxygen atoms in total. The molecular formula is C33H34N6O3. The van der Waals surface area contributed by atoms with Gasteiger partial charge in [0.15, 0.2) is 5.82 Å². The summed E-state index contributed by atoms with van der Waals surface area (Å²) in [6, 6.07) is 27.0. The second-order valence-electron chi connectivity index (χ2n) is 11.0. The highest BCUT2D eigenvalue weighted by Crippen LogP contribution is 2.32. The van der Waals surface area contributed by atoms with Gasteiger partial charge < -0.3 is 9.52 Å². The molecule has 9 heteroatoms. The van der Waals surface area contributed by atoms with Gasteiger partial charge in [0.25, 0.3) is 5.91 Å². The van der Waals surface area contributed by atoms with Gasteiger partial charge in [-0.2, -0.15) is 0 Å². The average molecular weight is 563 g/mol. The molecule has 1 amide bonds. The Hall–Kier alpha value is -4.76. The van der Waals surface area contributed by atoms with Crippen LogP contribution in [-0.4, -0.2) is 54.0 Å². The lowest BCUT2D eigenvalue weighted by Crippen LogP contribution is -2.54. The lowest BCUT2D eigenvalue weighted by Gasteiger charge is -2.45. The van der Waals surface area contributed by atoms with Crippen LogP contribution in [-0.2, 0) is 6.54 Å². The monoisotopic (exact) mass is 562 g/mol. The summed E-state index contributed by atoms with van der Waals surface area (Å²) in [5.74, 6) is 1.36. The van der Waals surface area contributed by atoms with Crippen molar-refractivity contribution >= 4 is 11.7 Å². The molecule has 0 bridgehead atoms. The highest BCUT2D eigenvalue weighted by molar-refractivity contribution is 6.06. The van der Waals surface area contributed by atoms with Crippen LogP contribution >= 0.6 is 0 Å². The Morgan fingerprint density at radius 1 is 0.952 bits per heavy atom. The fourth-order valence-electron chi connectivity index (χ4n) is 5.92. The molecule has 1 aliphatic heterocycles. The van der Waals surface area contributed by atoms with Gasteiger partial charge in [0.05, 0.1) is 5.69 Å². The standard InChI is InChI=1S/C33H34N6O3/c1-22-17-29(18-23(2)37(22)21-25-9-5-4-6-10-25)39(33(41)27-12-8-14-30(40)20-27)31-15-16-38(36-31)28-13-7-11-26(19-28)32-35-34-24(3)42-32/h4-16,19-20,22-23,29,40H,17-18,21H2,1-3H3/t22-,23+,29?. The predicted octanol–water partition coefficient (Wildman–Crippen LogP) is 6.02. The van der Waals surface area contributed by atoms with Crippen molar-refractivity contribution in [3.63, 3.8) is 0 Å². The number of amides is 1. The number of hydrogen-bond donors (Lipinski definition) is 1. The number of phenolic OH excluding ortho intramolecular Hbond substituents is 1. The Balaban J connectivity index is 1.31. The molecule has 3 aromatic carbocycles. The van der Waals surface area contributed by atoms with Gasteiger partial charge >= 0.3 is 0 Å². The number of aryl methyl sites for hydroxylation is 1. The highest BCUT2D eigenvalue weighted by atomic mass is 16.4. The molecule has 0 saturated carbocycles. The Labute approximate surface area is 245 Å². The summed E-state index contributed by atoms with van der Waals surface area (Å²) < 4.78 is 7.36. The molecule has 214 valence electrons. The van der Waals surface area contributed by atoms with Gasteiger partial charge in [-0.05, 0) is 68.7 Å². The molecule has 5 aromatic rings. The zero-order chi connectivity index (χ0) is 29.2.